The van der Waals surface area contributed by atoms with Gasteiger partial charge in [0, 0.05) is 32.8 Å². The lowest BCUT2D eigenvalue weighted by molar-refractivity contribution is 0.0696. The predicted molar refractivity (Wildman–Crippen MR) is 486 cm³/mol. The van der Waals surface area contributed by atoms with Gasteiger partial charge < -0.3 is 9.84 Å². The molecular weight excluding hydrogens is 1770 g/mol. The molecule has 0 heterocycles. The molecule has 0 aromatic heterocycles. The Bertz CT molecular complexity index is 6480. The summed E-state index contributed by atoms with van der Waals surface area (Å²) < 4.78 is 170. The van der Waals surface area contributed by atoms with Crippen LogP contribution in [0.1, 0.15) is 85.4 Å². The third kappa shape index (κ3) is 29.0. The van der Waals surface area contributed by atoms with Crippen molar-refractivity contribution in [3.8, 4) is 5.75 Å². The van der Waals surface area contributed by atoms with Crippen molar-refractivity contribution in [3.05, 3.63) is 423 Å². The third-order valence-corrected chi connectivity index (χ3v) is 24.3. The van der Waals surface area contributed by atoms with Crippen molar-refractivity contribution >= 4 is 126 Å². The van der Waals surface area contributed by atoms with Crippen LogP contribution in [-0.2, 0) is 87.4 Å². The van der Waals surface area contributed by atoms with Gasteiger partial charge in [-0.05, 0) is 179 Å². The van der Waals surface area contributed by atoms with Crippen LogP contribution in [0, 0.1) is 27.7 Å². The molecule has 26 nitrogen and oxygen atoms in total. The van der Waals surface area contributed by atoms with Crippen LogP contribution in [0.4, 0.5) is 0 Å². The van der Waals surface area contributed by atoms with Crippen LogP contribution in [0.15, 0.2) is 406 Å². The van der Waals surface area contributed by atoms with Crippen LogP contribution >= 0.6 is 23.2 Å². The topological polar surface area (TPSA) is 364 Å². The molecule has 0 aliphatic carbocycles. The molecule has 13 rings (SSSR count). The number of nitrogens with zero attached hydrogens (tertiary/aromatic N) is 6. The van der Waals surface area contributed by atoms with Gasteiger partial charge in [-0.2, -0.15) is 42.1 Å². The van der Waals surface area contributed by atoms with Crippen LogP contribution in [-0.4, -0.2) is 99.3 Å². The molecule has 0 saturated carbocycles. The number of carbonyl (C=O) groups is 1. The SMILES string of the molecule is C/C(=N\OS(=O)(=O)c1cc(Cl)ccc1Cl)c1c(C)cc(C)cc1C.COc1ccc(/C(C)=N/OS(=O)c2ccccc2)cc1.Cc1ccc(S(=O)(=O)ON=C(c2ccccc2)c2ccccc2)cc1.O=C(O)c1ccc(S(=O)(=O)O/N=C/c2ccccc2)cc1.O=S(=O)(O/N=C(\C(=N/OS(=O)(=O)c1ccccc1)c1ccccc1)c1ccccc1)c1ccccc1. The van der Waals surface area contributed by atoms with Crippen molar-refractivity contribution in [2.45, 2.75) is 70.9 Å². The number of carboxylic acids is 1. The number of halogens is 2. The number of ether oxygens (including phenoxy) is 1. The minimum atomic E-state index is -4.27. The Labute approximate surface area is 743 Å². The molecular formula is C92H80Cl2N6O20S6. The second-order valence-corrected chi connectivity index (χ2v) is 35.9. The molecule has 13 aromatic carbocycles. The molecule has 1 unspecified atom stereocenters. The predicted octanol–water partition coefficient (Wildman–Crippen LogP) is 19.1. The zero-order chi connectivity index (χ0) is 90.9. The molecule has 1 atom stereocenters. The second kappa shape index (κ2) is 46.2. The summed E-state index contributed by atoms with van der Waals surface area (Å²) in [4.78, 5) is 10.8. The van der Waals surface area contributed by atoms with Crippen molar-refractivity contribution in [3.63, 3.8) is 0 Å². The molecule has 0 aliphatic rings. The van der Waals surface area contributed by atoms with Gasteiger partial charge in [-0.25, -0.2) is 9.00 Å². The third-order valence-electron chi connectivity index (χ3n) is 17.2. The summed E-state index contributed by atoms with van der Waals surface area (Å²) in [6.45, 7) is 11.3. The van der Waals surface area contributed by atoms with Gasteiger partial charge in [0.25, 0.3) is 11.1 Å². The Morgan fingerprint density at radius 1 is 0.365 bits per heavy atom. The molecule has 1 N–H and O–H groups in total. The van der Waals surface area contributed by atoms with Crippen molar-refractivity contribution in [1.82, 2.24) is 0 Å². The molecule has 0 aliphatic heterocycles. The fourth-order valence-electron chi connectivity index (χ4n) is 11.0. The van der Waals surface area contributed by atoms with E-state index in [2.05, 4.69) is 35.2 Å². The summed E-state index contributed by atoms with van der Waals surface area (Å²) >= 11 is 10.1. The number of carboxylic acid groups (broad SMARTS) is 1. The van der Waals surface area contributed by atoms with Gasteiger partial charge in [-0.1, -0.05) is 296 Å². The summed E-state index contributed by atoms with van der Waals surface area (Å²) in [6.07, 6.45) is 1.27. The lowest BCUT2D eigenvalue weighted by Gasteiger charge is -2.11. The Hall–Kier alpha value is -13.6. The number of hydrogen-bond acceptors (Lipinski definition) is 25. The van der Waals surface area contributed by atoms with E-state index < -0.39 is 67.6 Å². The van der Waals surface area contributed by atoms with E-state index in [1.54, 1.807) is 179 Å². The average Bonchev–Trinajstić information content (AvgIpc) is 0.813. The number of oxime groups is 6. The van der Waals surface area contributed by atoms with Crippen LogP contribution in [0.3, 0.4) is 0 Å². The molecule has 0 saturated heterocycles. The van der Waals surface area contributed by atoms with Gasteiger partial charge in [0.1, 0.15) is 47.4 Å². The van der Waals surface area contributed by atoms with Crippen LogP contribution < -0.4 is 4.74 Å². The van der Waals surface area contributed by atoms with Crippen LogP contribution in [0.5, 0.6) is 5.75 Å². The quantitative estimate of drug-likeness (QED) is 0.0351. The number of methoxy groups -OCH3 is 1. The van der Waals surface area contributed by atoms with Crippen molar-refractivity contribution in [1.29, 1.82) is 0 Å². The van der Waals surface area contributed by atoms with E-state index in [0.29, 0.717) is 38.7 Å². The number of aromatic carboxylic acids is 1. The van der Waals surface area contributed by atoms with Gasteiger partial charge in [-0.3, -0.25) is 25.7 Å². The Morgan fingerprint density at radius 3 is 1.17 bits per heavy atom. The Morgan fingerprint density at radius 2 is 0.738 bits per heavy atom. The largest absolute Gasteiger partial charge is 0.497 e. The number of rotatable bonds is 28. The molecule has 0 fully saturated rings. The van der Waals surface area contributed by atoms with E-state index in [4.69, 9.17) is 54.5 Å². The highest BCUT2D eigenvalue weighted by atomic mass is 35.5. The number of aryl methyl sites for hydroxylation is 4. The van der Waals surface area contributed by atoms with E-state index in [-0.39, 0.29) is 51.5 Å². The zero-order valence-electron chi connectivity index (χ0n) is 68.1. The van der Waals surface area contributed by atoms with Gasteiger partial charge in [0.05, 0.1) is 40.2 Å². The maximum Gasteiger partial charge on any atom is 0.360 e. The maximum atomic E-state index is 12.7. The van der Waals surface area contributed by atoms with E-state index >= 15 is 0 Å². The standard InChI is InChI=1S/C26H20N2O6S2.C20H17NO3S.C17H17Cl2NO3S.C15H15NO3S.C14H11NO5S/c29-35(30,23-17-9-3-10-18-23)33-27-25(21-13-5-1-6-14-21)26(22-15-7-2-8-16-22)28-34-36(31,32)24-19-11-4-12-20-24;1-16-12-14-19(15-13-16)25(22,23)24-21-20(17-8-4-2-5-9-17)18-10-6-3-7-11-18;1-10-7-11(2)17(12(3)8-10)13(4)20-23-24(21,22)16-9-14(18)5-6-15(16)19;1-12(13-8-10-14(18-2)11-9-13)16-19-20(17)15-6-4-3-5-7-15;16-14(17)12-6-8-13(9-7-12)21(18,19)20-15-10-11-4-2-1-3-5-11/h1-20H;2-15H,1H3;5-9H,1-4H3;3-11H,1-2H3;1-10H,(H,16,17)/b27-25-,28-26-;;20-13+;16-12+;15-10+. The highest BCUT2D eigenvalue weighted by Gasteiger charge is 2.26. The lowest BCUT2D eigenvalue weighted by Crippen LogP contribution is -2.20. The smallest absolute Gasteiger partial charge is 0.360 e. The second-order valence-electron chi connectivity index (χ2n) is 26.4. The van der Waals surface area contributed by atoms with Crippen molar-refractivity contribution in [2.24, 2.45) is 30.9 Å². The lowest BCUT2D eigenvalue weighted by atomic mass is 9.97. The fraction of sp³-hybridized carbons (Fsp3) is 0.0761. The molecule has 34 heteroatoms. The monoisotopic (exact) mass is 1850 g/mol. The van der Waals surface area contributed by atoms with Gasteiger partial charge in [0.15, 0.2) is 0 Å². The maximum absolute atomic E-state index is 12.7. The highest BCUT2D eigenvalue weighted by molar-refractivity contribution is 7.88. The summed E-state index contributed by atoms with van der Waals surface area (Å²) in [5.74, 6) is -0.364. The van der Waals surface area contributed by atoms with E-state index in [1.165, 1.54) is 72.9 Å². The molecule has 0 amide bonds. The normalized spacial score (nSPS) is 12.1. The summed E-state index contributed by atoms with van der Waals surface area (Å²) in [6, 6.07) is 95.1. The van der Waals surface area contributed by atoms with Gasteiger partial charge >= 0.3 is 56.6 Å². The van der Waals surface area contributed by atoms with E-state index in [0.717, 1.165) is 62.4 Å². The summed E-state index contributed by atoms with van der Waals surface area (Å²) in [5, 5.41) is 31.9. The fourth-order valence-corrected chi connectivity index (χ4v) is 16.1. The van der Waals surface area contributed by atoms with Crippen LogP contribution in [0.25, 0.3) is 0 Å². The number of benzene rings is 13. The highest BCUT2D eigenvalue weighted by Crippen LogP contribution is 2.29. The Kier molecular flexibility index (Phi) is 35.3. The molecule has 0 radical (unpaired) electrons. The Balaban J connectivity index is 0.000000181. The molecule has 0 spiro atoms. The zero-order valence-corrected chi connectivity index (χ0v) is 74.5. The van der Waals surface area contributed by atoms with E-state index in [1.807, 2.05) is 137 Å². The van der Waals surface area contributed by atoms with Crippen molar-refractivity contribution < 1.29 is 86.6 Å². The first kappa shape index (κ1) is 96.3. The molecule has 13 aromatic rings. The van der Waals surface area contributed by atoms with Gasteiger partial charge in [0.2, 0.25) is 0 Å². The summed E-state index contributed by atoms with van der Waals surface area (Å²) in [5.41, 5.74) is 10.4. The number of hydrogen-bond donors (Lipinski definition) is 1. The minimum absolute atomic E-state index is 0.0123. The average molecular weight is 1850 g/mol. The first-order valence-electron chi connectivity index (χ1n) is 37.4. The molecule has 126 heavy (non-hydrogen) atoms. The minimum Gasteiger partial charge on any atom is -0.497 e. The first-order valence-corrected chi connectivity index (χ1v) is 46.3. The van der Waals surface area contributed by atoms with Crippen LogP contribution in [0.2, 0.25) is 10.0 Å². The van der Waals surface area contributed by atoms with E-state index in [9.17, 15) is 51.1 Å². The van der Waals surface area contributed by atoms with Gasteiger partial charge in [-0.15, -0.1) is 0 Å². The molecule has 648 valence electrons. The summed E-state index contributed by atoms with van der Waals surface area (Å²) in [7, 11) is -19.1. The van der Waals surface area contributed by atoms with Crippen molar-refractivity contribution in [2.75, 3.05) is 7.11 Å². The molecule has 0 bridgehead atoms. The first-order chi connectivity index (χ1) is 60.2.